The third kappa shape index (κ3) is 2.06. The first kappa shape index (κ1) is 12.1. The van der Waals surface area contributed by atoms with Crippen LogP contribution in [0.1, 0.15) is 28.5 Å². The number of aliphatic hydroxyl groups is 1. The van der Waals surface area contributed by atoms with Gasteiger partial charge in [0, 0.05) is 30.6 Å². The van der Waals surface area contributed by atoms with Crippen molar-refractivity contribution in [2.45, 2.75) is 20.0 Å². The highest BCUT2D eigenvalue weighted by molar-refractivity contribution is 6.30. The van der Waals surface area contributed by atoms with E-state index in [9.17, 15) is 5.11 Å². The molecule has 2 aromatic heterocycles. The van der Waals surface area contributed by atoms with Crippen molar-refractivity contribution in [3.05, 3.63) is 46.0 Å². The Bertz CT molecular complexity index is 551. The smallest absolute Gasteiger partial charge is 0.133 e. The zero-order valence-corrected chi connectivity index (χ0v) is 10.7. The third-order valence-electron chi connectivity index (χ3n) is 2.84. The molecule has 5 heteroatoms. The van der Waals surface area contributed by atoms with E-state index in [4.69, 9.17) is 11.6 Å². The molecule has 0 aliphatic heterocycles. The molecule has 0 aromatic carbocycles. The van der Waals surface area contributed by atoms with Gasteiger partial charge in [-0.25, -0.2) is 0 Å². The van der Waals surface area contributed by atoms with Gasteiger partial charge in [0.25, 0.3) is 0 Å². The molecule has 0 saturated carbocycles. The predicted octanol–water partition coefficient (Wildman–Crippen LogP) is 2.17. The van der Waals surface area contributed by atoms with E-state index in [1.165, 1.54) is 0 Å². The van der Waals surface area contributed by atoms with Crippen LogP contribution in [0.3, 0.4) is 0 Å². The lowest BCUT2D eigenvalue weighted by atomic mass is 10.0. The number of rotatable bonds is 2. The van der Waals surface area contributed by atoms with Crippen LogP contribution in [0.25, 0.3) is 0 Å². The highest BCUT2D eigenvalue weighted by atomic mass is 35.5. The van der Waals surface area contributed by atoms with Crippen molar-refractivity contribution in [1.29, 1.82) is 0 Å². The van der Waals surface area contributed by atoms with Gasteiger partial charge >= 0.3 is 0 Å². The van der Waals surface area contributed by atoms with Gasteiger partial charge in [-0.15, -0.1) is 0 Å². The average molecular weight is 252 g/mol. The topological polar surface area (TPSA) is 50.9 Å². The van der Waals surface area contributed by atoms with Gasteiger partial charge < -0.3 is 5.11 Å². The summed E-state index contributed by atoms with van der Waals surface area (Å²) in [5.74, 6) is 0. The van der Waals surface area contributed by atoms with E-state index in [1.807, 2.05) is 19.9 Å². The maximum Gasteiger partial charge on any atom is 0.133 e. The molecule has 0 amide bonds. The highest BCUT2D eigenvalue weighted by Crippen LogP contribution is 2.31. The number of pyridine rings is 1. The second-order valence-electron chi connectivity index (χ2n) is 4.05. The zero-order chi connectivity index (χ0) is 12.6. The monoisotopic (exact) mass is 251 g/mol. The molecule has 0 radical (unpaired) electrons. The van der Waals surface area contributed by atoms with Crippen LogP contribution in [0.4, 0.5) is 0 Å². The van der Waals surface area contributed by atoms with Crippen molar-refractivity contribution in [2.75, 3.05) is 0 Å². The SMILES string of the molecule is Cc1ccncc1C(O)c1c(C)nn(C)c1Cl. The molecule has 2 aromatic rings. The predicted molar refractivity (Wildman–Crippen MR) is 66.0 cm³/mol. The fourth-order valence-corrected chi connectivity index (χ4v) is 2.15. The molecule has 1 atom stereocenters. The summed E-state index contributed by atoms with van der Waals surface area (Å²) in [5, 5.41) is 15.0. The van der Waals surface area contributed by atoms with Crippen molar-refractivity contribution >= 4 is 11.6 Å². The minimum Gasteiger partial charge on any atom is -0.383 e. The third-order valence-corrected chi connectivity index (χ3v) is 3.29. The van der Waals surface area contributed by atoms with E-state index in [-0.39, 0.29) is 0 Å². The van der Waals surface area contributed by atoms with Crippen LogP contribution in [0, 0.1) is 13.8 Å². The van der Waals surface area contributed by atoms with Crippen LogP contribution in [0.5, 0.6) is 0 Å². The van der Waals surface area contributed by atoms with Crippen LogP contribution in [-0.2, 0) is 7.05 Å². The summed E-state index contributed by atoms with van der Waals surface area (Å²) in [4.78, 5) is 4.03. The van der Waals surface area contributed by atoms with Crippen molar-refractivity contribution in [2.24, 2.45) is 7.05 Å². The summed E-state index contributed by atoms with van der Waals surface area (Å²) >= 11 is 6.13. The molecule has 2 rings (SSSR count). The maximum absolute atomic E-state index is 10.4. The molecular formula is C12H14ClN3O. The number of halogens is 1. The summed E-state index contributed by atoms with van der Waals surface area (Å²) in [6.45, 7) is 3.76. The normalized spacial score (nSPS) is 12.8. The van der Waals surface area contributed by atoms with Crippen LogP contribution in [-0.4, -0.2) is 19.9 Å². The zero-order valence-electron chi connectivity index (χ0n) is 9.98. The average Bonchev–Trinajstić information content (AvgIpc) is 2.53. The Labute approximate surface area is 105 Å². The molecule has 0 bridgehead atoms. The lowest BCUT2D eigenvalue weighted by Crippen LogP contribution is -2.04. The van der Waals surface area contributed by atoms with Gasteiger partial charge in [0.05, 0.1) is 5.69 Å². The molecule has 4 nitrogen and oxygen atoms in total. The number of hydrogen-bond donors (Lipinski definition) is 1. The van der Waals surface area contributed by atoms with Gasteiger partial charge in [-0.2, -0.15) is 5.10 Å². The van der Waals surface area contributed by atoms with Crippen LogP contribution in [0.15, 0.2) is 18.5 Å². The first-order valence-corrected chi connectivity index (χ1v) is 5.67. The lowest BCUT2D eigenvalue weighted by molar-refractivity contribution is 0.218. The minimum absolute atomic E-state index is 0.457. The van der Waals surface area contributed by atoms with Crippen molar-refractivity contribution in [3.8, 4) is 0 Å². The Kier molecular flexibility index (Phi) is 3.17. The van der Waals surface area contributed by atoms with Gasteiger partial charge in [-0.05, 0) is 25.5 Å². The molecule has 0 aliphatic rings. The molecule has 17 heavy (non-hydrogen) atoms. The van der Waals surface area contributed by atoms with Crippen molar-refractivity contribution < 1.29 is 5.11 Å². The number of hydrogen-bond acceptors (Lipinski definition) is 3. The van der Waals surface area contributed by atoms with Crippen LogP contribution in [0.2, 0.25) is 5.15 Å². The summed E-state index contributed by atoms with van der Waals surface area (Å²) < 4.78 is 1.56. The van der Waals surface area contributed by atoms with E-state index >= 15 is 0 Å². The standard InChI is InChI=1S/C12H14ClN3O/c1-7-4-5-14-6-9(7)11(17)10-8(2)15-16(3)12(10)13/h4-6,11,17H,1-3H3. The van der Waals surface area contributed by atoms with Crippen LogP contribution < -0.4 is 0 Å². The number of aliphatic hydroxyl groups excluding tert-OH is 1. The minimum atomic E-state index is -0.787. The van der Waals surface area contributed by atoms with Crippen LogP contribution >= 0.6 is 11.6 Å². The summed E-state index contributed by atoms with van der Waals surface area (Å²) in [7, 11) is 1.75. The lowest BCUT2D eigenvalue weighted by Gasteiger charge is -2.13. The molecule has 0 saturated heterocycles. The molecule has 0 fully saturated rings. The van der Waals surface area contributed by atoms with Gasteiger partial charge in [0.2, 0.25) is 0 Å². The number of aryl methyl sites for hydroxylation is 3. The van der Waals surface area contributed by atoms with Gasteiger partial charge in [-0.3, -0.25) is 9.67 Å². The van der Waals surface area contributed by atoms with Crippen molar-refractivity contribution in [1.82, 2.24) is 14.8 Å². The van der Waals surface area contributed by atoms with E-state index < -0.39 is 6.10 Å². The Morgan fingerprint density at radius 3 is 2.65 bits per heavy atom. The summed E-state index contributed by atoms with van der Waals surface area (Å²) in [6.07, 6.45) is 2.57. The first-order valence-electron chi connectivity index (χ1n) is 5.30. The molecular weight excluding hydrogens is 238 g/mol. The van der Waals surface area contributed by atoms with E-state index in [1.54, 1.807) is 24.1 Å². The molecule has 1 N–H and O–H groups in total. The maximum atomic E-state index is 10.4. The summed E-state index contributed by atoms with van der Waals surface area (Å²) in [5.41, 5.74) is 3.11. The molecule has 0 spiro atoms. The molecule has 2 heterocycles. The first-order chi connectivity index (χ1) is 8.02. The summed E-state index contributed by atoms with van der Waals surface area (Å²) in [6, 6.07) is 1.86. The van der Waals surface area contributed by atoms with E-state index in [2.05, 4.69) is 10.1 Å². The Morgan fingerprint density at radius 1 is 1.41 bits per heavy atom. The molecule has 0 aliphatic carbocycles. The van der Waals surface area contributed by atoms with Gasteiger partial charge in [-0.1, -0.05) is 11.6 Å². The number of aromatic nitrogens is 3. The van der Waals surface area contributed by atoms with Crippen molar-refractivity contribution in [3.63, 3.8) is 0 Å². The quantitative estimate of drug-likeness (QED) is 0.890. The highest BCUT2D eigenvalue weighted by Gasteiger charge is 2.22. The molecule has 90 valence electrons. The fourth-order valence-electron chi connectivity index (χ4n) is 1.88. The Morgan fingerprint density at radius 2 is 2.12 bits per heavy atom. The fraction of sp³-hybridized carbons (Fsp3) is 0.333. The second kappa shape index (κ2) is 4.47. The second-order valence-corrected chi connectivity index (χ2v) is 4.41. The van der Waals surface area contributed by atoms with Gasteiger partial charge in [0.15, 0.2) is 0 Å². The van der Waals surface area contributed by atoms with E-state index in [0.29, 0.717) is 10.7 Å². The number of nitrogens with zero attached hydrogens (tertiary/aromatic N) is 3. The molecule has 1 unspecified atom stereocenters. The Balaban J connectivity index is 2.51. The van der Waals surface area contributed by atoms with E-state index in [0.717, 1.165) is 16.8 Å². The largest absolute Gasteiger partial charge is 0.383 e. The van der Waals surface area contributed by atoms with Gasteiger partial charge in [0.1, 0.15) is 11.3 Å². The Hall–Kier alpha value is -1.39.